The Kier molecular flexibility index (Phi) is 4.69. The van der Waals surface area contributed by atoms with E-state index in [-0.39, 0.29) is 5.82 Å². The number of rotatable bonds is 5. The van der Waals surface area contributed by atoms with Gasteiger partial charge in [-0.05, 0) is 54.1 Å². The van der Waals surface area contributed by atoms with Crippen LogP contribution in [0.15, 0.2) is 48.5 Å². The smallest absolute Gasteiger partial charge is 0.123 e. The molecule has 0 aliphatic rings. The number of benzene rings is 2. The van der Waals surface area contributed by atoms with E-state index in [0.717, 1.165) is 24.0 Å². The molecule has 19 heavy (non-hydrogen) atoms. The summed E-state index contributed by atoms with van der Waals surface area (Å²) in [5.74, 6) is 0.322. The molecule has 0 aliphatic heterocycles. The number of nitrogens with two attached hydrogens (primary N) is 1. The molecule has 0 spiro atoms. The summed E-state index contributed by atoms with van der Waals surface area (Å²) in [4.78, 5) is 0. The van der Waals surface area contributed by atoms with Crippen molar-refractivity contribution in [2.45, 2.75) is 25.7 Å². The van der Waals surface area contributed by atoms with Crippen LogP contribution < -0.4 is 5.73 Å². The van der Waals surface area contributed by atoms with Crippen LogP contribution in [0.1, 0.15) is 31.2 Å². The van der Waals surface area contributed by atoms with E-state index in [1.165, 1.54) is 11.6 Å². The van der Waals surface area contributed by atoms with E-state index in [2.05, 4.69) is 31.2 Å². The lowest BCUT2D eigenvalue weighted by molar-refractivity contribution is 0.614. The Morgan fingerprint density at radius 3 is 2.37 bits per heavy atom. The fraction of sp³-hybridized carbons (Fsp3) is 0.294. The maximum absolute atomic E-state index is 13.2. The van der Waals surface area contributed by atoms with Crippen molar-refractivity contribution < 1.29 is 4.39 Å². The summed E-state index contributed by atoms with van der Waals surface area (Å²) < 4.78 is 13.2. The molecule has 1 nitrogen and oxygen atoms in total. The van der Waals surface area contributed by atoms with E-state index in [4.69, 9.17) is 5.73 Å². The van der Waals surface area contributed by atoms with Crippen molar-refractivity contribution in [3.05, 3.63) is 59.9 Å². The molecular weight excluding hydrogens is 237 g/mol. The third kappa shape index (κ3) is 3.42. The van der Waals surface area contributed by atoms with Crippen LogP contribution in [0.5, 0.6) is 0 Å². The van der Waals surface area contributed by atoms with Gasteiger partial charge in [0.25, 0.3) is 0 Å². The zero-order valence-electron chi connectivity index (χ0n) is 11.3. The van der Waals surface area contributed by atoms with Gasteiger partial charge < -0.3 is 5.73 Å². The second kappa shape index (κ2) is 6.48. The minimum Gasteiger partial charge on any atom is -0.330 e. The van der Waals surface area contributed by atoms with Gasteiger partial charge in [0, 0.05) is 0 Å². The van der Waals surface area contributed by atoms with Crippen LogP contribution in [-0.4, -0.2) is 6.54 Å². The molecule has 0 bridgehead atoms. The third-order valence-electron chi connectivity index (χ3n) is 3.55. The van der Waals surface area contributed by atoms with E-state index in [1.54, 1.807) is 12.1 Å². The maximum Gasteiger partial charge on any atom is 0.123 e. The van der Waals surface area contributed by atoms with Crippen molar-refractivity contribution in [3.63, 3.8) is 0 Å². The van der Waals surface area contributed by atoms with Gasteiger partial charge in [0.05, 0.1) is 0 Å². The SMILES string of the molecule is CCC(CCN)c1ccc(-c2cccc(F)c2)cc1. The number of hydrogen-bond acceptors (Lipinski definition) is 1. The summed E-state index contributed by atoms with van der Waals surface area (Å²) in [5.41, 5.74) is 8.91. The molecule has 2 aromatic carbocycles. The summed E-state index contributed by atoms with van der Waals surface area (Å²) >= 11 is 0. The lowest BCUT2D eigenvalue weighted by Gasteiger charge is -2.14. The Morgan fingerprint density at radius 1 is 1.05 bits per heavy atom. The largest absolute Gasteiger partial charge is 0.330 e. The van der Waals surface area contributed by atoms with E-state index in [0.29, 0.717) is 12.5 Å². The molecule has 0 aromatic heterocycles. The van der Waals surface area contributed by atoms with Gasteiger partial charge in [0.2, 0.25) is 0 Å². The van der Waals surface area contributed by atoms with Gasteiger partial charge in [-0.2, -0.15) is 0 Å². The topological polar surface area (TPSA) is 26.0 Å². The highest BCUT2D eigenvalue weighted by Crippen LogP contribution is 2.26. The first-order valence-electron chi connectivity index (χ1n) is 6.80. The highest BCUT2D eigenvalue weighted by molar-refractivity contribution is 5.63. The molecule has 2 aromatic rings. The second-order valence-electron chi connectivity index (χ2n) is 4.81. The Labute approximate surface area is 114 Å². The minimum atomic E-state index is -0.198. The zero-order chi connectivity index (χ0) is 13.7. The lowest BCUT2D eigenvalue weighted by Crippen LogP contribution is -2.06. The molecule has 0 saturated heterocycles. The summed E-state index contributed by atoms with van der Waals surface area (Å²) in [7, 11) is 0. The zero-order valence-corrected chi connectivity index (χ0v) is 11.3. The molecule has 2 N–H and O–H groups in total. The van der Waals surface area contributed by atoms with Crippen molar-refractivity contribution in [2.24, 2.45) is 5.73 Å². The Balaban J connectivity index is 2.23. The second-order valence-corrected chi connectivity index (χ2v) is 4.81. The van der Waals surface area contributed by atoms with Crippen molar-refractivity contribution in [2.75, 3.05) is 6.54 Å². The molecule has 0 amide bonds. The number of halogens is 1. The van der Waals surface area contributed by atoms with Gasteiger partial charge in [-0.1, -0.05) is 43.3 Å². The van der Waals surface area contributed by atoms with Crippen LogP contribution >= 0.6 is 0 Å². The molecule has 2 rings (SSSR count). The Morgan fingerprint density at radius 2 is 1.79 bits per heavy atom. The van der Waals surface area contributed by atoms with Gasteiger partial charge in [-0.3, -0.25) is 0 Å². The van der Waals surface area contributed by atoms with E-state index < -0.39 is 0 Å². The van der Waals surface area contributed by atoms with Crippen LogP contribution in [-0.2, 0) is 0 Å². The highest BCUT2D eigenvalue weighted by Gasteiger charge is 2.08. The van der Waals surface area contributed by atoms with Gasteiger partial charge in [0.15, 0.2) is 0 Å². The third-order valence-corrected chi connectivity index (χ3v) is 3.55. The molecule has 1 atom stereocenters. The summed E-state index contributed by atoms with van der Waals surface area (Å²) in [6.07, 6.45) is 2.10. The minimum absolute atomic E-state index is 0.198. The van der Waals surface area contributed by atoms with E-state index >= 15 is 0 Å². The molecule has 0 aliphatic carbocycles. The molecule has 100 valence electrons. The van der Waals surface area contributed by atoms with Crippen LogP contribution in [0.2, 0.25) is 0 Å². The normalized spacial score (nSPS) is 12.4. The van der Waals surface area contributed by atoms with E-state index in [1.807, 2.05) is 6.07 Å². The fourth-order valence-corrected chi connectivity index (χ4v) is 2.42. The molecule has 0 radical (unpaired) electrons. The first-order valence-corrected chi connectivity index (χ1v) is 6.80. The molecular formula is C17H20FN. The Hall–Kier alpha value is -1.67. The van der Waals surface area contributed by atoms with Gasteiger partial charge >= 0.3 is 0 Å². The molecule has 0 fully saturated rings. The van der Waals surface area contributed by atoms with Crippen LogP contribution in [0, 0.1) is 5.82 Å². The van der Waals surface area contributed by atoms with Gasteiger partial charge in [-0.15, -0.1) is 0 Å². The quantitative estimate of drug-likeness (QED) is 0.847. The standard InChI is InChI=1S/C17H20FN/c1-2-13(10-11-19)14-6-8-15(9-7-14)16-4-3-5-17(18)12-16/h3-9,12-13H,2,10-11,19H2,1H3. The lowest BCUT2D eigenvalue weighted by atomic mass is 9.92. The molecule has 2 heteroatoms. The number of hydrogen-bond donors (Lipinski definition) is 1. The van der Waals surface area contributed by atoms with Crippen LogP contribution in [0.3, 0.4) is 0 Å². The van der Waals surface area contributed by atoms with Crippen molar-refractivity contribution in [3.8, 4) is 11.1 Å². The predicted octanol–water partition coefficient (Wildman–Crippen LogP) is 4.34. The first kappa shape index (κ1) is 13.8. The monoisotopic (exact) mass is 257 g/mol. The van der Waals surface area contributed by atoms with Gasteiger partial charge in [0.1, 0.15) is 5.82 Å². The van der Waals surface area contributed by atoms with Crippen LogP contribution in [0.25, 0.3) is 11.1 Å². The Bertz CT molecular complexity index is 519. The predicted molar refractivity (Wildman–Crippen MR) is 78.5 cm³/mol. The average molecular weight is 257 g/mol. The summed E-state index contributed by atoms with van der Waals surface area (Å²) in [5, 5.41) is 0. The molecule has 1 unspecified atom stereocenters. The highest BCUT2D eigenvalue weighted by atomic mass is 19.1. The van der Waals surface area contributed by atoms with Gasteiger partial charge in [-0.25, -0.2) is 4.39 Å². The van der Waals surface area contributed by atoms with Crippen LogP contribution in [0.4, 0.5) is 4.39 Å². The van der Waals surface area contributed by atoms with E-state index in [9.17, 15) is 4.39 Å². The van der Waals surface area contributed by atoms with Crippen molar-refractivity contribution in [1.29, 1.82) is 0 Å². The fourth-order valence-electron chi connectivity index (χ4n) is 2.42. The first-order chi connectivity index (χ1) is 9.24. The molecule has 0 heterocycles. The van der Waals surface area contributed by atoms with Crippen molar-refractivity contribution in [1.82, 2.24) is 0 Å². The van der Waals surface area contributed by atoms with Crippen molar-refractivity contribution >= 4 is 0 Å². The summed E-state index contributed by atoms with van der Waals surface area (Å²) in [6, 6.07) is 15.1. The summed E-state index contributed by atoms with van der Waals surface area (Å²) in [6.45, 7) is 2.89. The average Bonchev–Trinajstić information content (AvgIpc) is 2.45. The molecule has 0 saturated carbocycles. The maximum atomic E-state index is 13.2.